The smallest absolute Gasteiger partial charge is 0.313 e. The molecule has 1 N–H and O–H groups in total. The highest BCUT2D eigenvalue weighted by Gasteiger charge is 2.26. The highest BCUT2D eigenvalue weighted by Crippen LogP contribution is 2.39. The molecule has 0 saturated heterocycles. The van der Waals surface area contributed by atoms with Crippen LogP contribution in [0.4, 0.5) is 4.39 Å². The lowest BCUT2D eigenvalue weighted by molar-refractivity contribution is -0.133. The average Bonchev–Trinajstić information content (AvgIpc) is 3.15. The third-order valence-corrected chi connectivity index (χ3v) is 4.69. The molecule has 6 heteroatoms. The fraction of sp³-hybridized carbons (Fsp3) is 0.467. The first-order valence-corrected chi connectivity index (χ1v) is 8.05. The monoisotopic (exact) mass is 308 g/mol. The van der Waals surface area contributed by atoms with Crippen molar-refractivity contribution in [3.63, 3.8) is 0 Å². The quantitative estimate of drug-likeness (QED) is 0.826. The number of thioether (sulfide) groups is 1. The first kappa shape index (κ1) is 14.4. The van der Waals surface area contributed by atoms with Crippen LogP contribution in [0.15, 0.2) is 23.4 Å². The summed E-state index contributed by atoms with van der Waals surface area (Å²) in [4.78, 5) is 15.2. The second kappa shape index (κ2) is 5.67. The van der Waals surface area contributed by atoms with E-state index >= 15 is 0 Å². The molecule has 1 fully saturated rings. The highest BCUT2D eigenvalue weighted by molar-refractivity contribution is 7.99. The van der Waals surface area contributed by atoms with E-state index < -0.39 is 5.97 Å². The minimum Gasteiger partial charge on any atom is -0.481 e. The lowest BCUT2D eigenvalue weighted by Crippen LogP contribution is -2.09. The van der Waals surface area contributed by atoms with Crippen LogP contribution in [0.5, 0.6) is 0 Å². The number of fused-ring (bicyclic) bond motifs is 1. The molecule has 0 spiro atoms. The Morgan fingerprint density at radius 1 is 1.57 bits per heavy atom. The Labute approximate surface area is 126 Å². The molecule has 0 amide bonds. The van der Waals surface area contributed by atoms with E-state index in [1.54, 1.807) is 6.07 Å². The number of nitrogens with zero attached hydrogens (tertiary/aromatic N) is 2. The fourth-order valence-electron chi connectivity index (χ4n) is 2.65. The number of carbonyl (C=O) groups is 1. The Bertz CT molecular complexity index is 682. The van der Waals surface area contributed by atoms with Gasteiger partial charge in [0, 0.05) is 12.1 Å². The zero-order chi connectivity index (χ0) is 15.0. The molecule has 1 atom stereocenters. The first-order valence-electron chi connectivity index (χ1n) is 7.06. The topological polar surface area (TPSA) is 55.1 Å². The standard InChI is InChI=1S/C15H17FN2O2S/c1-9(6-10-2-3-10)18-13-5-4-11(16)7-12(13)17-15(18)21-8-14(19)20/h4-5,7,9-10H,2-3,6,8H2,1H3,(H,19,20). The molecule has 1 heterocycles. The van der Waals surface area contributed by atoms with Crippen molar-refractivity contribution in [2.75, 3.05) is 5.75 Å². The van der Waals surface area contributed by atoms with Crippen LogP contribution in [0.3, 0.4) is 0 Å². The fourth-order valence-corrected chi connectivity index (χ4v) is 3.48. The lowest BCUT2D eigenvalue weighted by Gasteiger charge is -2.16. The molecular formula is C15H17FN2O2S. The van der Waals surface area contributed by atoms with Crippen molar-refractivity contribution in [1.82, 2.24) is 9.55 Å². The summed E-state index contributed by atoms with van der Waals surface area (Å²) in [5.74, 6) is -0.478. The zero-order valence-electron chi connectivity index (χ0n) is 11.8. The number of carboxylic acids is 1. The number of benzene rings is 1. The summed E-state index contributed by atoms with van der Waals surface area (Å²) in [7, 11) is 0. The van der Waals surface area contributed by atoms with Gasteiger partial charge in [-0.1, -0.05) is 24.6 Å². The van der Waals surface area contributed by atoms with Crippen molar-refractivity contribution >= 4 is 28.8 Å². The number of hydrogen-bond donors (Lipinski definition) is 1. The van der Waals surface area contributed by atoms with Gasteiger partial charge in [-0.2, -0.15) is 0 Å². The molecule has 21 heavy (non-hydrogen) atoms. The minimum atomic E-state index is -0.875. The third kappa shape index (κ3) is 3.20. The maximum absolute atomic E-state index is 13.4. The molecule has 1 aliphatic rings. The molecule has 0 aliphatic heterocycles. The van der Waals surface area contributed by atoms with Gasteiger partial charge in [-0.15, -0.1) is 0 Å². The number of rotatable bonds is 6. The Kier molecular flexibility index (Phi) is 3.89. The van der Waals surface area contributed by atoms with Gasteiger partial charge < -0.3 is 9.67 Å². The van der Waals surface area contributed by atoms with Crippen LogP contribution in [0.2, 0.25) is 0 Å². The Morgan fingerprint density at radius 2 is 2.33 bits per heavy atom. The zero-order valence-corrected chi connectivity index (χ0v) is 12.6. The lowest BCUT2D eigenvalue weighted by atomic mass is 10.1. The van der Waals surface area contributed by atoms with Crippen LogP contribution in [-0.4, -0.2) is 26.4 Å². The molecule has 1 aliphatic carbocycles. The molecule has 1 aromatic heterocycles. The molecule has 1 unspecified atom stereocenters. The van der Waals surface area contributed by atoms with E-state index in [1.165, 1.54) is 36.7 Å². The minimum absolute atomic E-state index is 0.0397. The SMILES string of the molecule is CC(CC1CC1)n1c(SCC(=O)O)nc2cc(F)ccc21. The van der Waals surface area contributed by atoms with Gasteiger partial charge in [-0.25, -0.2) is 9.37 Å². The van der Waals surface area contributed by atoms with Crippen LogP contribution in [0.1, 0.15) is 32.2 Å². The molecule has 1 saturated carbocycles. The third-order valence-electron chi connectivity index (χ3n) is 3.76. The van der Waals surface area contributed by atoms with Gasteiger partial charge in [-0.05, 0) is 31.4 Å². The molecule has 4 nitrogen and oxygen atoms in total. The van der Waals surface area contributed by atoms with Crippen molar-refractivity contribution in [2.45, 2.75) is 37.4 Å². The molecule has 0 bridgehead atoms. The highest BCUT2D eigenvalue weighted by atomic mass is 32.2. The van der Waals surface area contributed by atoms with E-state index in [2.05, 4.69) is 16.5 Å². The molecular weight excluding hydrogens is 291 g/mol. The van der Waals surface area contributed by atoms with E-state index in [9.17, 15) is 9.18 Å². The number of aliphatic carboxylic acids is 1. The Hall–Kier alpha value is -1.56. The molecule has 3 rings (SSSR count). The summed E-state index contributed by atoms with van der Waals surface area (Å²) in [5.41, 5.74) is 1.46. The van der Waals surface area contributed by atoms with Gasteiger partial charge in [0.1, 0.15) is 5.82 Å². The van der Waals surface area contributed by atoms with Crippen molar-refractivity contribution in [1.29, 1.82) is 0 Å². The van der Waals surface area contributed by atoms with E-state index in [1.807, 2.05) is 0 Å². The predicted octanol–water partition coefficient (Wildman–Crippen LogP) is 3.71. The largest absolute Gasteiger partial charge is 0.481 e. The van der Waals surface area contributed by atoms with Gasteiger partial charge in [0.25, 0.3) is 0 Å². The number of hydrogen-bond acceptors (Lipinski definition) is 3. The molecule has 112 valence electrons. The van der Waals surface area contributed by atoms with E-state index in [4.69, 9.17) is 5.11 Å². The van der Waals surface area contributed by atoms with Crippen LogP contribution in [0.25, 0.3) is 11.0 Å². The van der Waals surface area contributed by atoms with Crippen molar-refractivity contribution in [3.8, 4) is 0 Å². The van der Waals surface area contributed by atoms with Crippen molar-refractivity contribution in [3.05, 3.63) is 24.0 Å². The van der Waals surface area contributed by atoms with E-state index in [0.29, 0.717) is 10.7 Å². The van der Waals surface area contributed by atoms with Gasteiger partial charge in [0.2, 0.25) is 0 Å². The number of imidazole rings is 1. The summed E-state index contributed by atoms with van der Waals surface area (Å²) < 4.78 is 15.4. The van der Waals surface area contributed by atoms with Gasteiger partial charge >= 0.3 is 5.97 Å². The number of aromatic nitrogens is 2. The van der Waals surface area contributed by atoms with Crippen molar-refractivity contribution < 1.29 is 14.3 Å². The number of carboxylic acid groups (broad SMARTS) is 1. The van der Waals surface area contributed by atoms with Crippen LogP contribution in [0, 0.1) is 11.7 Å². The van der Waals surface area contributed by atoms with Crippen LogP contribution in [-0.2, 0) is 4.79 Å². The summed E-state index contributed by atoms with van der Waals surface area (Å²) >= 11 is 1.19. The van der Waals surface area contributed by atoms with Crippen LogP contribution < -0.4 is 0 Å². The van der Waals surface area contributed by atoms with E-state index in [-0.39, 0.29) is 17.6 Å². The summed E-state index contributed by atoms with van der Waals surface area (Å²) in [6.07, 6.45) is 3.59. The predicted molar refractivity (Wildman–Crippen MR) is 80.1 cm³/mol. The van der Waals surface area contributed by atoms with Crippen LogP contribution >= 0.6 is 11.8 Å². The summed E-state index contributed by atoms with van der Waals surface area (Å²) in [6.45, 7) is 2.12. The van der Waals surface area contributed by atoms with E-state index in [0.717, 1.165) is 17.9 Å². The molecule has 2 aromatic rings. The maximum atomic E-state index is 13.4. The summed E-state index contributed by atoms with van der Waals surface area (Å²) in [6, 6.07) is 4.80. The Morgan fingerprint density at radius 3 is 3.00 bits per heavy atom. The maximum Gasteiger partial charge on any atom is 0.313 e. The van der Waals surface area contributed by atoms with Gasteiger partial charge in [0.15, 0.2) is 5.16 Å². The molecule has 0 radical (unpaired) electrons. The average molecular weight is 308 g/mol. The number of halogens is 1. The first-order chi connectivity index (χ1) is 10.0. The normalized spacial score (nSPS) is 16.3. The molecule has 1 aromatic carbocycles. The summed E-state index contributed by atoms with van der Waals surface area (Å²) in [5, 5.41) is 9.52. The van der Waals surface area contributed by atoms with Gasteiger partial charge in [-0.3, -0.25) is 4.79 Å². The second-order valence-electron chi connectivity index (χ2n) is 5.61. The van der Waals surface area contributed by atoms with Crippen molar-refractivity contribution in [2.24, 2.45) is 5.92 Å². The Balaban J connectivity index is 1.98. The van der Waals surface area contributed by atoms with Gasteiger partial charge in [0.05, 0.1) is 16.8 Å². The second-order valence-corrected chi connectivity index (χ2v) is 6.55.